The van der Waals surface area contributed by atoms with Crippen LogP contribution in [0.25, 0.3) is 0 Å². The molecule has 3 heteroatoms. The summed E-state index contributed by atoms with van der Waals surface area (Å²) in [6, 6.07) is 0. The lowest BCUT2D eigenvalue weighted by molar-refractivity contribution is 0.470. The van der Waals surface area contributed by atoms with Crippen LogP contribution in [-0.2, 0) is 5.41 Å². The van der Waals surface area contributed by atoms with Crippen molar-refractivity contribution in [2.75, 3.05) is 0 Å². The van der Waals surface area contributed by atoms with E-state index in [1.807, 2.05) is 0 Å². The average molecular weight is 262 g/mol. The second kappa shape index (κ2) is 4.09. The molecule has 1 rings (SSSR count). The van der Waals surface area contributed by atoms with Crippen molar-refractivity contribution < 1.29 is 0 Å². The summed E-state index contributed by atoms with van der Waals surface area (Å²) >= 11 is 5.32. The van der Waals surface area contributed by atoms with E-state index >= 15 is 0 Å². The predicted octanol–water partition coefficient (Wildman–Crippen LogP) is 3.90. The van der Waals surface area contributed by atoms with Gasteiger partial charge in [0.15, 0.2) is 0 Å². The number of hydrogen-bond acceptors (Lipinski definition) is 2. The fourth-order valence-electron chi connectivity index (χ4n) is 1.48. The third-order valence-electron chi connectivity index (χ3n) is 2.10. The summed E-state index contributed by atoms with van der Waals surface area (Å²) in [5.41, 5.74) is 1.41. The number of hydrogen-bond donors (Lipinski definition) is 0. The number of nitrogens with zero attached hydrogens (tertiary/aromatic N) is 1. The van der Waals surface area contributed by atoms with Crippen LogP contribution in [-0.4, -0.2) is 9.81 Å². The molecule has 0 N–H and O–H groups in total. The lowest BCUT2D eigenvalue weighted by atomic mass is 9.85. The van der Waals surface area contributed by atoms with E-state index in [-0.39, 0.29) is 5.41 Å². The summed E-state index contributed by atoms with van der Waals surface area (Å²) in [4.78, 5) is 5.08. The molecular formula is C10H16BrNS. The summed E-state index contributed by atoms with van der Waals surface area (Å²) in [7, 11) is 0. The number of aromatic nitrogens is 1. The minimum Gasteiger partial charge on any atom is -0.246 e. The first-order valence-corrected chi connectivity index (χ1v) is 6.28. The van der Waals surface area contributed by atoms with E-state index in [9.17, 15) is 0 Å². The highest BCUT2D eigenvalue weighted by atomic mass is 79.9. The Morgan fingerprint density at radius 3 is 2.62 bits per heavy atom. The van der Waals surface area contributed by atoms with E-state index in [4.69, 9.17) is 0 Å². The van der Waals surface area contributed by atoms with E-state index in [0.29, 0.717) is 4.83 Å². The van der Waals surface area contributed by atoms with Crippen LogP contribution in [0.1, 0.15) is 37.9 Å². The van der Waals surface area contributed by atoms with Gasteiger partial charge in [0.1, 0.15) is 0 Å². The molecule has 1 atom stereocenters. The topological polar surface area (TPSA) is 12.9 Å². The summed E-state index contributed by atoms with van der Waals surface area (Å²) < 4.78 is 0. The second-order valence-electron chi connectivity index (χ2n) is 4.12. The van der Waals surface area contributed by atoms with Gasteiger partial charge in [-0.05, 0) is 13.3 Å². The molecule has 0 radical (unpaired) electrons. The van der Waals surface area contributed by atoms with E-state index in [1.54, 1.807) is 11.3 Å². The molecule has 1 aromatic heterocycles. The molecule has 0 fully saturated rings. The Hall–Kier alpha value is 0.110. The van der Waals surface area contributed by atoms with Crippen molar-refractivity contribution >= 4 is 27.3 Å². The van der Waals surface area contributed by atoms with Gasteiger partial charge in [0.2, 0.25) is 0 Å². The Balaban J connectivity index is 2.80. The standard InChI is InChI=1S/C10H16BrNS/c1-7(11)5-10(3,4)9-6-13-8(2)12-9/h6-7H,5H2,1-4H3. The van der Waals surface area contributed by atoms with Crippen molar-refractivity contribution in [1.29, 1.82) is 0 Å². The van der Waals surface area contributed by atoms with Crippen LogP contribution < -0.4 is 0 Å². The van der Waals surface area contributed by atoms with Crippen LogP contribution in [0.4, 0.5) is 0 Å². The maximum atomic E-state index is 4.53. The highest BCUT2D eigenvalue weighted by Gasteiger charge is 2.24. The van der Waals surface area contributed by atoms with Crippen LogP contribution in [0, 0.1) is 6.92 Å². The maximum absolute atomic E-state index is 4.53. The molecule has 0 saturated carbocycles. The predicted molar refractivity (Wildman–Crippen MR) is 62.9 cm³/mol. The van der Waals surface area contributed by atoms with Crippen molar-refractivity contribution in [3.8, 4) is 0 Å². The zero-order valence-electron chi connectivity index (χ0n) is 8.60. The van der Waals surface area contributed by atoms with Gasteiger partial charge in [0, 0.05) is 15.6 Å². The Bertz CT molecular complexity index is 278. The second-order valence-corrected chi connectivity index (χ2v) is 6.75. The molecule has 0 spiro atoms. The number of thiazole rings is 1. The molecule has 0 amide bonds. The van der Waals surface area contributed by atoms with E-state index in [1.165, 1.54) is 5.69 Å². The van der Waals surface area contributed by atoms with E-state index in [0.717, 1.165) is 11.4 Å². The van der Waals surface area contributed by atoms with Crippen LogP contribution >= 0.6 is 27.3 Å². The van der Waals surface area contributed by atoms with Gasteiger partial charge in [-0.3, -0.25) is 0 Å². The highest BCUT2D eigenvalue weighted by molar-refractivity contribution is 9.09. The molecule has 0 aromatic carbocycles. The molecule has 0 bridgehead atoms. The third kappa shape index (κ3) is 3.06. The summed E-state index contributed by atoms with van der Waals surface area (Å²) in [6.45, 7) is 8.74. The first kappa shape index (κ1) is 11.2. The maximum Gasteiger partial charge on any atom is 0.0897 e. The number of halogens is 1. The quantitative estimate of drug-likeness (QED) is 0.753. The Morgan fingerprint density at radius 2 is 2.23 bits per heavy atom. The molecule has 74 valence electrons. The van der Waals surface area contributed by atoms with Crippen LogP contribution in [0.5, 0.6) is 0 Å². The zero-order chi connectivity index (χ0) is 10.1. The Morgan fingerprint density at radius 1 is 1.62 bits per heavy atom. The zero-order valence-corrected chi connectivity index (χ0v) is 11.0. The van der Waals surface area contributed by atoms with Crippen molar-refractivity contribution in [1.82, 2.24) is 4.98 Å². The minimum atomic E-state index is 0.188. The fraction of sp³-hybridized carbons (Fsp3) is 0.700. The van der Waals surface area contributed by atoms with Crippen LogP contribution in [0.15, 0.2) is 5.38 Å². The van der Waals surface area contributed by atoms with Crippen molar-refractivity contribution in [3.63, 3.8) is 0 Å². The third-order valence-corrected chi connectivity index (χ3v) is 3.20. The molecular weight excluding hydrogens is 246 g/mol. The monoisotopic (exact) mass is 261 g/mol. The van der Waals surface area contributed by atoms with Gasteiger partial charge in [-0.15, -0.1) is 11.3 Å². The van der Waals surface area contributed by atoms with Gasteiger partial charge < -0.3 is 0 Å². The molecule has 13 heavy (non-hydrogen) atoms. The molecule has 0 aliphatic carbocycles. The molecule has 1 nitrogen and oxygen atoms in total. The first-order chi connectivity index (χ1) is 5.92. The number of alkyl halides is 1. The SMILES string of the molecule is Cc1nc(C(C)(C)CC(C)Br)cs1. The van der Waals surface area contributed by atoms with Gasteiger partial charge in [-0.2, -0.15) is 0 Å². The number of aryl methyl sites for hydroxylation is 1. The molecule has 0 aliphatic heterocycles. The normalized spacial score (nSPS) is 14.5. The largest absolute Gasteiger partial charge is 0.246 e. The van der Waals surface area contributed by atoms with Crippen LogP contribution in [0.2, 0.25) is 0 Å². The van der Waals surface area contributed by atoms with Crippen molar-refractivity contribution in [2.24, 2.45) is 0 Å². The Labute approximate surface area is 92.7 Å². The van der Waals surface area contributed by atoms with E-state index < -0.39 is 0 Å². The molecule has 1 unspecified atom stereocenters. The lowest BCUT2D eigenvalue weighted by Crippen LogP contribution is -2.21. The van der Waals surface area contributed by atoms with Gasteiger partial charge in [-0.1, -0.05) is 36.7 Å². The molecule has 1 aromatic rings. The van der Waals surface area contributed by atoms with E-state index in [2.05, 4.69) is 54.0 Å². The minimum absolute atomic E-state index is 0.188. The van der Waals surface area contributed by atoms with Gasteiger partial charge in [-0.25, -0.2) is 4.98 Å². The number of rotatable bonds is 3. The van der Waals surface area contributed by atoms with Gasteiger partial charge >= 0.3 is 0 Å². The summed E-state index contributed by atoms with van der Waals surface area (Å²) in [6.07, 6.45) is 1.12. The smallest absolute Gasteiger partial charge is 0.0897 e. The molecule has 1 heterocycles. The average Bonchev–Trinajstić information content (AvgIpc) is 2.32. The molecule has 0 aliphatic rings. The summed E-state index contributed by atoms with van der Waals surface area (Å²) in [5.74, 6) is 0. The summed E-state index contributed by atoms with van der Waals surface area (Å²) in [5, 5.41) is 3.33. The molecule has 0 saturated heterocycles. The van der Waals surface area contributed by atoms with Crippen molar-refractivity contribution in [3.05, 3.63) is 16.1 Å². The van der Waals surface area contributed by atoms with Crippen molar-refractivity contribution in [2.45, 2.75) is 44.4 Å². The first-order valence-electron chi connectivity index (χ1n) is 4.48. The lowest BCUT2D eigenvalue weighted by Gasteiger charge is -2.23. The highest BCUT2D eigenvalue weighted by Crippen LogP contribution is 2.30. The fourth-order valence-corrected chi connectivity index (χ4v) is 3.10. The Kier molecular flexibility index (Phi) is 3.52. The van der Waals surface area contributed by atoms with Gasteiger partial charge in [0.25, 0.3) is 0 Å². The van der Waals surface area contributed by atoms with Crippen LogP contribution in [0.3, 0.4) is 0 Å². The van der Waals surface area contributed by atoms with Gasteiger partial charge in [0.05, 0.1) is 10.7 Å².